The van der Waals surface area contributed by atoms with E-state index >= 15 is 0 Å². The number of para-hydroxylation sites is 1. The zero-order chi connectivity index (χ0) is 14.7. The number of fused-ring (bicyclic) bond motifs is 3. The van der Waals surface area contributed by atoms with Gasteiger partial charge in [0.25, 0.3) is 0 Å². The van der Waals surface area contributed by atoms with Crippen molar-refractivity contribution in [1.82, 2.24) is 9.97 Å². The molecule has 2 bridgehead atoms. The van der Waals surface area contributed by atoms with Gasteiger partial charge in [-0.05, 0) is 42.2 Å². The van der Waals surface area contributed by atoms with Gasteiger partial charge in [-0.3, -0.25) is 0 Å². The lowest BCUT2D eigenvalue weighted by atomic mass is 9.65. The first kappa shape index (κ1) is 13.1. The van der Waals surface area contributed by atoms with E-state index in [-0.39, 0.29) is 0 Å². The quantitative estimate of drug-likeness (QED) is 0.790. The third-order valence-electron chi connectivity index (χ3n) is 5.21. The van der Waals surface area contributed by atoms with Crippen molar-refractivity contribution in [2.24, 2.45) is 10.8 Å². The van der Waals surface area contributed by atoms with Crippen LogP contribution in [0.5, 0.6) is 0 Å². The number of benzene rings is 1. The fraction of sp³-hybridized carbons (Fsp3) is 0.556. The highest BCUT2D eigenvalue weighted by Gasteiger charge is 2.50. The number of hydrogen-bond donors (Lipinski definition) is 0. The summed E-state index contributed by atoms with van der Waals surface area (Å²) in [4.78, 5) is 11.6. The molecule has 0 unspecified atom stereocenters. The number of nitrogens with zero attached hydrogens (tertiary/aromatic N) is 3. The summed E-state index contributed by atoms with van der Waals surface area (Å²) < 4.78 is 0. The van der Waals surface area contributed by atoms with Crippen molar-refractivity contribution in [2.75, 3.05) is 11.4 Å². The van der Waals surface area contributed by atoms with Crippen molar-refractivity contribution >= 4 is 16.7 Å². The van der Waals surface area contributed by atoms with E-state index in [1.165, 1.54) is 24.6 Å². The molecule has 1 saturated carbocycles. The van der Waals surface area contributed by atoms with E-state index in [9.17, 15) is 0 Å². The van der Waals surface area contributed by atoms with Crippen molar-refractivity contribution in [1.29, 1.82) is 0 Å². The van der Waals surface area contributed by atoms with Gasteiger partial charge in [-0.1, -0.05) is 32.9 Å². The third-order valence-corrected chi connectivity index (χ3v) is 5.21. The normalized spacial score (nSPS) is 30.8. The summed E-state index contributed by atoms with van der Waals surface area (Å²) in [7, 11) is 0. The molecule has 2 aromatic rings. The average Bonchev–Trinajstić information content (AvgIpc) is 2.67. The van der Waals surface area contributed by atoms with Crippen LogP contribution in [0.25, 0.3) is 10.9 Å². The monoisotopic (exact) mass is 281 g/mol. The van der Waals surface area contributed by atoms with E-state index in [1.807, 2.05) is 6.07 Å². The van der Waals surface area contributed by atoms with E-state index in [1.54, 1.807) is 6.33 Å². The predicted molar refractivity (Wildman–Crippen MR) is 86.4 cm³/mol. The standard InChI is InChI=1S/C18H23N3/c1-17(2)8-13-9-18(3,10-17)11-21(13)16-14-6-4-5-7-15(14)19-12-20-16/h4-7,12-13H,8-11H2,1-3H3/t13-,18-/m1/s1. The van der Waals surface area contributed by atoms with Crippen LogP contribution in [0.3, 0.4) is 0 Å². The molecular weight excluding hydrogens is 258 g/mol. The van der Waals surface area contributed by atoms with Crippen molar-refractivity contribution in [2.45, 2.75) is 46.1 Å². The Morgan fingerprint density at radius 3 is 2.76 bits per heavy atom. The van der Waals surface area contributed by atoms with Crippen LogP contribution in [-0.4, -0.2) is 22.6 Å². The largest absolute Gasteiger partial charge is 0.352 e. The fourth-order valence-electron chi connectivity index (χ4n) is 4.93. The van der Waals surface area contributed by atoms with Gasteiger partial charge in [-0.25, -0.2) is 9.97 Å². The summed E-state index contributed by atoms with van der Waals surface area (Å²) in [6.07, 6.45) is 5.60. The molecule has 3 heteroatoms. The Labute approximate surface area is 126 Å². The van der Waals surface area contributed by atoms with Crippen molar-refractivity contribution in [3.63, 3.8) is 0 Å². The zero-order valence-corrected chi connectivity index (χ0v) is 13.1. The maximum Gasteiger partial charge on any atom is 0.140 e. The summed E-state index contributed by atoms with van der Waals surface area (Å²) in [6, 6.07) is 8.99. The Morgan fingerprint density at radius 1 is 1.10 bits per heavy atom. The van der Waals surface area contributed by atoms with Gasteiger partial charge in [-0.2, -0.15) is 0 Å². The first-order chi connectivity index (χ1) is 9.96. The highest BCUT2D eigenvalue weighted by atomic mass is 15.3. The Morgan fingerprint density at radius 2 is 1.90 bits per heavy atom. The number of aromatic nitrogens is 2. The molecule has 2 heterocycles. The molecule has 1 saturated heterocycles. The van der Waals surface area contributed by atoms with Crippen LogP contribution in [0, 0.1) is 10.8 Å². The SMILES string of the molecule is CC1(C)C[C@@H]2C[C@@](C)(CN2c2ncnc3ccccc23)C1. The topological polar surface area (TPSA) is 29.0 Å². The van der Waals surface area contributed by atoms with Gasteiger partial charge in [0, 0.05) is 18.0 Å². The summed E-state index contributed by atoms with van der Waals surface area (Å²) in [5.74, 6) is 1.13. The van der Waals surface area contributed by atoms with Crippen LogP contribution in [0.2, 0.25) is 0 Å². The molecule has 1 aromatic heterocycles. The Kier molecular flexibility index (Phi) is 2.60. The Bertz CT molecular complexity index is 688. The summed E-state index contributed by atoms with van der Waals surface area (Å²) in [5, 5.41) is 1.19. The second-order valence-electron chi connectivity index (χ2n) is 8.06. The van der Waals surface area contributed by atoms with Gasteiger partial charge in [-0.15, -0.1) is 0 Å². The lowest BCUT2D eigenvalue weighted by molar-refractivity contribution is 0.136. The van der Waals surface area contributed by atoms with Gasteiger partial charge in [0.1, 0.15) is 12.1 Å². The molecule has 1 aliphatic heterocycles. The first-order valence-corrected chi connectivity index (χ1v) is 7.92. The van der Waals surface area contributed by atoms with Gasteiger partial charge in [0.05, 0.1) is 5.52 Å². The lowest BCUT2D eigenvalue weighted by Crippen LogP contribution is -2.35. The molecule has 1 aromatic carbocycles. The maximum atomic E-state index is 4.64. The molecule has 21 heavy (non-hydrogen) atoms. The summed E-state index contributed by atoms with van der Waals surface area (Å²) >= 11 is 0. The highest BCUT2D eigenvalue weighted by Crippen LogP contribution is 2.53. The van der Waals surface area contributed by atoms with Crippen LogP contribution < -0.4 is 4.90 Å². The molecule has 1 aliphatic carbocycles. The van der Waals surface area contributed by atoms with Gasteiger partial charge >= 0.3 is 0 Å². The predicted octanol–water partition coefficient (Wildman–Crippen LogP) is 4.03. The maximum absolute atomic E-state index is 4.64. The fourth-order valence-corrected chi connectivity index (χ4v) is 4.93. The molecule has 2 aliphatic rings. The highest BCUT2D eigenvalue weighted by molar-refractivity contribution is 5.89. The molecule has 3 nitrogen and oxygen atoms in total. The molecule has 0 amide bonds. The van der Waals surface area contributed by atoms with Crippen LogP contribution in [-0.2, 0) is 0 Å². The molecule has 110 valence electrons. The van der Waals surface area contributed by atoms with E-state index in [4.69, 9.17) is 0 Å². The Balaban J connectivity index is 1.80. The van der Waals surface area contributed by atoms with Crippen LogP contribution in [0.15, 0.2) is 30.6 Å². The van der Waals surface area contributed by atoms with Crippen LogP contribution in [0.1, 0.15) is 40.0 Å². The molecule has 4 rings (SSSR count). The van der Waals surface area contributed by atoms with Crippen molar-refractivity contribution < 1.29 is 0 Å². The van der Waals surface area contributed by atoms with Crippen LogP contribution in [0.4, 0.5) is 5.82 Å². The third kappa shape index (κ3) is 2.10. The second kappa shape index (κ2) is 4.19. The lowest BCUT2D eigenvalue weighted by Gasteiger charge is -2.39. The molecule has 0 N–H and O–H groups in total. The van der Waals surface area contributed by atoms with Gasteiger partial charge in [0.15, 0.2) is 0 Å². The summed E-state index contributed by atoms with van der Waals surface area (Å²) in [6.45, 7) is 8.41. The minimum atomic E-state index is 0.429. The number of hydrogen-bond acceptors (Lipinski definition) is 3. The van der Waals surface area contributed by atoms with E-state index in [2.05, 4.69) is 53.8 Å². The van der Waals surface area contributed by atoms with E-state index < -0.39 is 0 Å². The molecule has 2 atom stereocenters. The summed E-state index contributed by atoms with van der Waals surface area (Å²) in [5.41, 5.74) is 1.92. The molecule has 0 spiro atoms. The van der Waals surface area contributed by atoms with Gasteiger partial charge in [0.2, 0.25) is 0 Å². The number of rotatable bonds is 1. The second-order valence-corrected chi connectivity index (χ2v) is 8.06. The zero-order valence-electron chi connectivity index (χ0n) is 13.1. The van der Waals surface area contributed by atoms with E-state index in [0.717, 1.165) is 17.9 Å². The minimum absolute atomic E-state index is 0.429. The molecule has 0 radical (unpaired) electrons. The van der Waals surface area contributed by atoms with E-state index in [0.29, 0.717) is 16.9 Å². The van der Waals surface area contributed by atoms with Crippen molar-refractivity contribution in [3.05, 3.63) is 30.6 Å². The minimum Gasteiger partial charge on any atom is -0.352 e. The number of anilines is 1. The smallest absolute Gasteiger partial charge is 0.140 e. The Hall–Kier alpha value is -1.64. The first-order valence-electron chi connectivity index (χ1n) is 7.92. The van der Waals surface area contributed by atoms with Gasteiger partial charge < -0.3 is 4.90 Å². The van der Waals surface area contributed by atoms with Crippen molar-refractivity contribution in [3.8, 4) is 0 Å². The molecular formula is C18H23N3. The average molecular weight is 281 g/mol. The molecule has 2 fully saturated rings. The van der Waals surface area contributed by atoms with Crippen LogP contribution >= 0.6 is 0 Å².